The van der Waals surface area contributed by atoms with E-state index < -0.39 is 10.0 Å². The zero-order valence-corrected chi connectivity index (χ0v) is 12.3. The van der Waals surface area contributed by atoms with E-state index in [0.717, 1.165) is 5.82 Å². The summed E-state index contributed by atoms with van der Waals surface area (Å²) in [6.07, 6.45) is 7.57. The Labute approximate surface area is 115 Å². The maximum absolute atomic E-state index is 11.9. The molecule has 1 aliphatic carbocycles. The molecule has 2 rings (SSSR count). The predicted molar refractivity (Wildman–Crippen MR) is 75.6 cm³/mol. The van der Waals surface area contributed by atoms with Gasteiger partial charge in [0, 0.05) is 26.3 Å². The van der Waals surface area contributed by atoms with Gasteiger partial charge < -0.3 is 5.32 Å². The summed E-state index contributed by atoms with van der Waals surface area (Å²) in [5, 5.41) is 3.37. The van der Waals surface area contributed by atoms with Crippen molar-refractivity contribution in [2.75, 3.05) is 19.4 Å². The second-order valence-corrected chi connectivity index (χ2v) is 7.30. The molecule has 0 spiro atoms. The smallest absolute Gasteiger partial charge is 0.244 e. The van der Waals surface area contributed by atoms with E-state index in [1.165, 1.54) is 56.7 Å². The Kier molecular flexibility index (Phi) is 4.42. The zero-order chi connectivity index (χ0) is 13.9. The molecule has 1 aliphatic rings. The van der Waals surface area contributed by atoms with Crippen LogP contribution in [0.1, 0.15) is 32.1 Å². The van der Waals surface area contributed by atoms with Crippen molar-refractivity contribution in [2.24, 2.45) is 0 Å². The molecule has 0 aromatic carbocycles. The lowest BCUT2D eigenvalue weighted by Crippen LogP contribution is -2.24. The molecule has 1 fully saturated rings. The molecule has 1 aromatic heterocycles. The molecule has 5 nitrogen and oxygen atoms in total. The first-order valence-corrected chi connectivity index (χ1v) is 8.09. The van der Waals surface area contributed by atoms with Gasteiger partial charge in [0.05, 0.1) is 0 Å². The summed E-state index contributed by atoms with van der Waals surface area (Å²) in [6.45, 7) is 0. The summed E-state index contributed by atoms with van der Waals surface area (Å²) in [4.78, 5) is 4.43. The van der Waals surface area contributed by atoms with Crippen LogP contribution in [0.25, 0.3) is 0 Å². The monoisotopic (exact) mass is 283 g/mol. The van der Waals surface area contributed by atoms with Crippen molar-refractivity contribution in [1.29, 1.82) is 0 Å². The number of pyridine rings is 1. The minimum Gasteiger partial charge on any atom is -0.367 e. The van der Waals surface area contributed by atoms with E-state index in [2.05, 4.69) is 10.3 Å². The maximum Gasteiger partial charge on any atom is 0.244 e. The molecule has 0 radical (unpaired) electrons. The molecule has 6 heteroatoms. The minimum absolute atomic E-state index is 0.228. The van der Waals surface area contributed by atoms with Crippen molar-refractivity contribution in [3.63, 3.8) is 0 Å². The van der Waals surface area contributed by atoms with Crippen LogP contribution >= 0.6 is 0 Å². The molecular formula is C13H21N3O2S. The summed E-state index contributed by atoms with van der Waals surface area (Å²) in [5.74, 6) is 0.754. The van der Waals surface area contributed by atoms with Crippen molar-refractivity contribution in [3.05, 3.63) is 18.3 Å². The summed E-state index contributed by atoms with van der Waals surface area (Å²) < 4.78 is 25.0. The van der Waals surface area contributed by atoms with Gasteiger partial charge in [-0.3, -0.25) is 0 Å². The van der Waals surface area contributed by atoms with Crippen molar-refractivity contribution in [3.8, 4) is 0 Å². The molecule has 0 unspecified atom stereocenters. The van der Waals surface area contributed by atoms with E-state index in [1.54, 1.807) is 12.1 Å². The second kappa shape index (κ2) is 5.88. The third-order valence-electron chi connectivity index (χ3n) is 3.47. The Bertz CT molecular complexity index is 505. The maximum atomic E-state index is 11.9. The highest BCUT2D eigenvalue weighted by molar-refractivity contribution is 7.89. The van der Waals surface area contributed by atoms with Crippen molar-refractivity contribution < 1.29 is 8.42 Å². The number of aromatic nitrogens is 1. The van der Waals surface area contributed by atoms with Crippen LogP contribution in [0.2, 0.25) is 0 Å². The van der Waals surface area contributed by atoms with E-state index in [-0.39, 0.29) is 4.90 Å². The minimum atomic E-state index is -3.38. The van der Waals surface area contributed by atoms with Gasteiger partial charge in [0.2, 0.25) is 10.0 Å². The van der Waals surface area contributed by atoms with Crippen LogP contribution in [0.5, 0.6) is 0 Å². The first kappa shape index (κ1) is 14.3. The number of hydrogen-bond donors (Lipinski definition) is 1. The quantitative estimate of drug-likeness (QED) is 0.919. The van der Waals surface area contributed by atoms with Crippen LogP contribution in [0.4, 0.5) is 5.82 Å². The zero-order valence-electron chi connectivity index (χ0n) is 11.5. The molecule has 0 saturated heterocycles. The first-order chi connectivity index (χ1) is 9.00. The van der Waals surface area contributed by atoms with Gasteiger partial charge in [0.25, 0.3) is 0 Å². The Morgan fingerprint density at radius 3 is 2.42 bits per heavy atom. The van der Waals surface area contributed by atoms with E-state index in [0.29, 0.717) is 6.04 Å². The Morgan fingerprint density at radius 1 is 1.21 bits per heavy atom. The molecule has 0 bridgehead atoms. The third-order valence-corrected chi connectivity index (χ3v) is 5.27. The van der Waals surface area contributed by atoms with Gasteiger partial charge in [-0.1, -0.05) is 19.3 Å². The summed E-state index contributed by atoms with van der Waals surface area (Å²) in [7, 11) is -0.349. The van der Waals surface area contributed by atoms with E-state index in [4.69, 9.17) is 0 Å². The van der Waals surface area contributed by atoms with Crippen molar-refractivity contribution in [2.45, 2.75) is 43.0 Å². The molecule has 0 aliphatic heterocycles. The van der Waals surface area contributed by atoms with E-state index >= 15 is 0 Å². The standard InChI is InChI=1S/C13H21N3O2S/c1-16(2)19(17,18)12-8-9-13(14-10-12)15-11-6-4-3-5-7-11/h8-11H,3-7H2,1-2H3,(H,14,15). The average molecular weight is 283 g/mol. The summed E-state index contributed by atoms with van der Waals surface area (Å²) in [6, 6.07) is 3.82. The fraction of sp³-hybridized carbons (Fsp3) is 0.615. The lowest BCUT2D eigenvalue weighted by molar-refractivity contribution is 0.462. The van der Waals surface area contributed by atoms with Gasteiger partial charge in [-0.05, 0) is 25.0 Å². The number of anilines is 1. The highest BCUT2D eigenvalue weighted by Crippen LogP contribution is 2.21. The van der Waals surface area contributed by atoms with Crippen molar-refractivity contribution in [1.82, 2.24) is 9.29 Å². The molecule has 19 heavy (non-hydrogen) atoms. The summed E-state index contributed by atoms with van der Waals surface area (Å²) in [5.41, 5.74) is 0. The second-order valence-electron chi connectivity index (χ2n) is 5.15. The molecular weight excluding hydrogens is 262 g/mol. The Balaban J connectivity index is 2.06. The van der Waals surface area contributed by atoms with Crippen LogP contribution in [0, 0.1) is 0 Å². The normalized spacial score (nSPS) is 17.6. The molecule has 1 N–H and O–H groups in total. The number of nitrogens with one attached hydrogen (secondary N) is 1. The fourth-order valence-electron chi connectivity index (χ4n) is 2.29. The number of nitrogens with zero attached hydrogens (tertiary/aromatic N) is 2. The van der Waals surface area contributed by atoms with Gasteiger partial charge in [-0.2, -0.15) is 0 Å². The fourth-order valence-corrected chi connectivity index (χ4v) is 3.13. The third kappa shape index (κ3) is 3.45. The van der Waals surface area contributed by atoms with Gasteiger partial charge in [-0.25, -0.2) is 17.7 Å². The summed E-state index contributed by atoms with van der Waals surface area (Å²) >= 11 is 0. The Hall–Kier alpha value is -1.14. The van der Waals surface area contributed by atoms with Crippen LogP contribution in [0.15, 0.2) is 23.2 Å². The van der Waals surface area contributed by atoms with Gasteiger partial charge in [0.1, 0.15) is 10.7 Å². The van der Waals surface area contributed by atoms with E-state index in [1.807, 2.05) is 0 Å². The van der Waals surface area contributed by atoms with Crippen LogP contribution in [-0.2, 0) is 10.0 Å². The number of rotatable bonds is 4. The van der Waals surface area contributed by atoms with Crippen LogP contribution in [-0.4, -0.2) is 37.8 Å². The topological polar surface area (TPSA) is 62.3 Å². The molecule has 1 aromatic rings. The van der Waals surface area contributed by atoms with Gasteiger partial charge >= 0.3 is 0 Å². The molecule has 0 amide bonds. The number of hydrogen-bond acceptors (Lipinski definition) is 4. The molecule has 106 valence electrons. The lowest BCUT2D eigenvalue weighted by Gasteiger charge is -2.23. The van der Waals surface area contributed by atoms with Crippen LogP contribution < -0.4 is 5.32 Å². The average Bonchev–Trinajstić information content (AvgIpc) is 2.40. The van der Waals surface area contributed by atoms with Crippen molar-refractivity contribution >= 4 is 15.8 Å². The molecule has 1 saturated carbocycles. The largest absolute Gasteiger partial charge is 0.367 e. The highest BCUT2D eigenvalue weighted by atomic mass is 32.2. The highest BCUT2D eigenvalue weighted by Gasteiger charge is 2.18. The molecule has 1 heterocycles. The first-order valence-electron chi connectivity index (χ1n) is 6.65. The Morgan fingerprint density at radius 2 is 1.89 bits per heavy atom. The van der Waals surface area contributed by atoms with Crippen LogP contribution in [0.3, 0.4) is 0 Å². The van der Waals surface area contributed by atoms with Gasteiger partial charge in [0.15, 0.2) is 0 Å². The SMILES string of the molecule is CN(C)S(=O)(=O)c1ccc(NC2CCCCC2)nc1. The van der Waals surface area contributed by atoms with Gasteiger partial charge in [-0.15, -0.1) is 0 Å². The number of sulfonamides is 1. The van der Waals surface area contributed by atoms with E-state index in [9.17, 15) is 8.42 Å². The predicted octanol–water partition coefficient (Wildman–Crippen LogP) is 2.08. The lowest BCUT2D eigenvalue weighted by atomic mass is 9.95. The molecule has 0 atom stereocenters.